The van der Waals surface area contributed by atoms with Crippen molar-refractivity contribution in [1.82, 2.24) is 10.6 Å². The molecule has 0 aliphatic carbocycles. The highest BCUT2D eigenvalue weighted by molar-refractivity contribution is 5.82. The first-order chi connectivity index (χ1) is 8.40. The number of urea groups is 1. The Hall–Kier alpha value is -1.26. The van der Waals surface area contributed by atoms with Gasteiger partial charge in [0.2, 0.25) is 0 Å². The zero-order valence-corrected chi connectivity index (χ0v) is 11.8. The highest BCUT2D eigenvalue weighted by Gasteiger charge is 2.19. The van der Waals surface area contributed by atoms with Gasteiger partial charge in [0.25, 0.3) is 0 Å². The van der Waals surface area contributed by atoms with Crippen LogP contribution < -0.4 is 10.6 Å². The average Bonchev–Trinajstić information content (AvgIpc) is 2.27. The van der Waals surface area contributed by atoms with E-state index in [4.69, 9.17) is 5.11 Å². The number of hydrogen-bond donors (Lipinski definition) is 3. The van der Waals surface area contributed by atoms with E-state index in [-0.39, 0.29) is 6.04 Å². The minimum atomic E-state index is -0.985. The maximum absolute atomic E-state index is 11.6. The summed E-state index contributed by atoms with van der Waals surface area (Å²) in [5.41, 5.74) is 0. The van der Waals surface area contributed by atoms with Gasteiger partial charge in [-0.15, -0.1) is 0 Å². The molecule has 0 aliphatic rings. The second-order valence-corrected chi connectivity index (χ2v) is 4.95. The number of carbonyl (C=O) groups excluding carboxylic acids is 1. The van der Waals surface area contributed by atoms with Crippen LogP contribution >= 0.6 is 0 Å². The zero-order chi connectivity index (χ0) is 14.1. The van der Waals surface area contributed by atoms with Crippen LogP contribution in [0.4, 0.5) is 4.79 Å². The molecule has 0 aromatic rings. The summed E-state index contributed by atoms with van der Waals surface area (Å²) < 4.78 is 0. The summed E-state index contributed by atoms with van der Waals surface area (Å²) in [6.45, 7) is 8.06. The van der Waals surface area contributed by atoms with Gasteiger partial charge < -0.3 is 15.7 Å². The maximum atomic E-state index is 11.6. The lowest BCUT2D eigenvalue weighted by Gasteiger charge is -2.20. The van der Waals surface area contributed by atoms with Crippen LogP contribution in [0.3, 0.4) is 0 Å². The molecule has 0 aromatic heterocycles. The van der Waals surface area contributed by atoms with Crippen LogP contribution in [0.2, 0.25) is 0 Å². The molecule has 5 heteroatoms. The fraction of sp³-hybridized carbons (Fsp3) is 0.846. The van der Waals surface area contributed by atoms with E-state index >= 15 is 0 Å². The number of aliphatic carboxylic acids is 1. The number of rotatable bonds is 8. The number of amides is 2. The lowest BCUT2D eigenvalue weighted by Crippen LogP contribution is -2.48. The molecule has 3 N–H and O–H groups in total. The van der Waals surface area contributed by atoms with E-state index < -0.39 is 18.0 Å². The summed E-state index contributed by atoms with van der Waals surface area (Å²) in [5, 5.41) is 14.2. The molecule has 0 heterocycles. The predicted molar refractivity (Wildman–Crippen MR) is 71.5 cm³/mol. The van der Waals surface area contributed by atoms with Crippen LogP contribution in [-0.4, -0.2) is 29.2 Å². The molecular weight excluding hydrogens is 232 g/mol. The topological polar surface area (TPSA) is 78.4 Å². The van der Waals surface area contributed by atoms with E-state index in [2.05, 4.69) is 24.5 Å². The van der Waals surface area contributed by atoms with Crippen molar-refractivity contribution in [1.29, 1.82) is 0 Å². The second kappa shape index (κ2) is 8.78. The Morgan fingerprint density at radius 1 is 1.17 bits per heavy atom. The molecule has 0 radical (unpaired) electrons. The monoisotopic (exact) mass is 258 g/mol. The first-order valence-electron chi connectivity index (χ1n) is 6.70. The smallest absolute Gasteiger partial charge is 0.326 e. The van der Waals surface area contributed by atoms with Gasteiger partial charge in [-0.2, -0.15) is 0 Å². The van der Waals surface area contributed by atoms with E-state index in [0.717, 1.165) is 19.3 Å². The Morgan fingerprint density at radius 2 is 1.78 bits per heavy atom. The Bertz CT molecular complexity index is 269. The fourth-order valence-corrected chi connectivity index (χ4v) is 1.80. The van der Waals surface area contributed by atoms with Crippen LogP contribution in [-0.2, 0) is 4.79 Å². The summed E-state index contributed by atoms with van der Waals surface area (Å²) >= 11 is 0. The molecule has 0 spiro atoms. The van der Waals surface area contributed by atoms with Crippen molar-refractivity contribution in [2.45, 2.75) is 65.5 Å². The van der Waals surface area contributed by atoms with Gasteiger partial charge in [-0.1, -0.05) is 33.6 Å². The van der Waals surface area contributed by atoms with E-state index in [1.807, 2.05) is 13.8 Å². The highest BCUT2D eigenvalue weighted by Crippen LogP contribution is 2.09. The molecule has 0 bridgehead atoms. The van der Waals surface area contributed by atoms with Gasteiger partial charge in [0, 0.05) is 6.04 Å². The maximum Gasteiger partial charge on any atom is 0.326 e. The number of hydrogen-bond acceptors (Lipinski definition) is 2. The molecule has 0 saturated heterocycles. The summed E-state index contributed by atoms with van der Waals surface area (Å²) in [5.74, 6) is -0.437. The number of carboxylic acids is 1. The van der Waals surface area contributed by atoms with Crippen LogP contribution in [0.1, 0.15) is 53.4 Å². The molecule has 2 unspecified atom stereocenters. The minimum absolute atomic E-state index is 0.0519. The lowest BCUT2D eigenvalue weighted by molar-refractivity contribution is -0.139. The third-order valence-corrected chi connectivity index (χ3v) is 3.01. The van der Waals surface area contributed by atoms with Gasteiger partial charge >= 0.3 is 12.0 Å². The van der Waals surface area contributed by atoms with Gasteiger partial charge in [0.15, 0.2) is 0 Å². The number of carbonyl (C=O) groups is 2. The molecule has 5 nitrogen and oxygen atoms in total. The standard InChI is InChI=1S/C13H26N2O3/c1-5-7-11(12(16)17)15-13(18)14-10(4)8-9(3)6-2/h9-11H,5-8H2,1-4H3,(H,16,17)(H2,14,15,18)/t9?,10?,11-/m1/s1. The molecule has 106 valence electrons. The van der Waals surface area contributed by atoms with Crippen LogP contribution in [0.25, 0.3) is 0 Å². The summed E-state index contributed by atoms with van der Waals surface area (Å²) in [6, 6.07) is -1.14. The van der Waals surface area contributed by atoms with Crippen molar-refractivity contribution in [2.75, 3.05) is 0 Å². The highest BCUT2D eigenvalue weighted by atomic mass is 16.4. The first-order valence-corrected chi connectivity index (χ1v) is 6.70. The van der Waals surface area contributed by atoms with Crippen molar-refractivity contribution in [3.8, 4) is 0 Å². The first kappa shape index (κ1) is 16.7. The van der Waals surface area contributed by atoms with Crippen molar-refractivity contribution in [3.63, 3.8) is 0 Å². The van der Waals surface area contributed by atoms with Crippen molar-refractivity contribution in [3.05, 3.63) is 0 Å². The van der Waals surface area contributed by atoms with Crippen LogP contribution in [0.5, 0.6) is 0 Å². The predicted octanol–water partition coefficient (Wildman–Crippen LogP) is 2.36. The van der Waals surface area contributed by atoms with Crippen molar-refractivity contribution >= 4 is 12.0 Å². The normalized spacial score (nSPS) is 15.6. The molecule has 0 rings (SSSR count). The Balaban J connectivity index is 4.11. The SMILES string of the molecule is CCC[C@@H](NC(=O)NC(C)CC(C)CC)C(=O)O. The molecule has 0 saturated carbocycles. The Morgan fingerprint density at radius 3 is 2.22 bits per heavy atom. The van der Waals surface area contributed by atoms with Gasteiger partial charge in [0.1, 0.15) is 6.04 Å². The molecule has 2 amide bonds. The molecule has 0 fully saturated rings. The summed E-state index contributed by atoms with van der Waals surface area (Å²) in [7, 11) is 0. The van der Waals surface area contributed by atoms with E-state index in [9.17, 15) is 9.59 Å². The Kier molecular flexibility index (Phi) is 8.16. The van der Waals surface area contributed by atoms with Crippen LogP contribution in [0.15, 0.2) is 0 Å². The fourth-order valence-electron chi connectivity index (χ4n) is 1.80. The van der Waals surface area contributed by atoms with Crippen LogP contribution in [0, 0.1) is 5.92 Å². The average molecular weight is 258 g/mol. The van der Waals surface area contributed by atoms with Gasteiger partial charge in [0.05, 0.1) is 0 Å². The number of carboxylic acid groups (broad SMARTS) is 1. The van der Waals surface area contributed by atoms with Crippen molar-refractivity contribution < 1.29 is 14.7 Å². The molecule has 18 heavy (non-hydrogen) atoms. The third kappa shape index (κ3) is 7.14. The summed E-state index contributed by atoms with van der Waals surface area (Å²) in [4.78, 5) is 22.5. The Labute approximate surface area is 109 Å². The largest absolute Gasteiger partial charge is 0.480 e. The molecular formula is C13H26N2O3. The minimum Gasteiger partial charge on any atom is -0.480 e. The lowest BCUT2D eigenvalue weighted by atomic mass is 10.0. The second-order valence-electron chi connectivity index (χ2n) is 4.95. The quantitative estimate of drug-likeness (QED) is 0.625. The van der Waals surface area contributed by atoms with Gasteiger partial charge in [-0.3, -0.25) is 0 Å². The van der Waals surface area contributed by atoms with E-state index in [1.165, 1.54) is 0 Å². The third-order valence-electron chi connectivity index (χ3n) is 3.01. The van der Waals surface area contributed by atoms with Gasteiger partial charge in [-0.25, -0.2) is 9.59 Å². The van der Waals surface area contributed by atoms with E-state index in [1.54, 1.807) is 0 Å². The summed E-state index contributed by atoms with van der Waals surface area (Å²) in [6.07, 6.45) is 3.14. The van der Waals surface area contributed by atoms with E-state index in [0.29, 0.717) is 12.3 Å². The van der Waals surface area contributed by atoms with Crippen molar-refractivity contribution in [2.24, 2.45) is 5.92 Å². The molecule has 3 atom stereocenters. The zero-order valence-electron chi connectivity index (χ0n) is 11.8. The molecule has 0 aromatic carbocycles. The molecule has 0 aliphatic heterocycles. The van der Waals surface area contributed by atoms with Gasteiger partial charge in [-0.05, 0) is 25.7 Å². The number of nitrogens with one attached hydrogen (secondary N) is 2.